The summed E-state index contributed by atoms with van der Waals surface area (Å²) >= 11 is 0. The highest BCUT2D eigenvalue weighted by atomic mass is 16.5. The third-order valence-electron chi connectivity index (χ3n) is 5.72. The molecular formula is C23H28N4O3. The average molecular weight is 409 g/mol. The summed E-state index contributed by atoms with van der Waals surface area (Å²) in [4.78, 5) is 17.7. The zero-order valence-electron chi connectivity index (χ0n) is 17.7. The standard InChI is InChI=1S/C23H28N4O3/c1-24-20(22(30-3)23(28)27(24)18-9-5-4-6-10-18)17-25-13-15-26(16-14-25)19-11-7-8-12-21(19)29-2/h4-12H,13-17H2,1-3H3. The highest BCUT2D eigenvalue weighted by Crippen LogP contribution is 2.29. The van der Waals surface area contributed by atoms with Gasteiger partial charge in [-0.3, -0.25) is 14.4 Å². The third kappa shape index (κ3) is 3.68. The van der Waals surface area contributed by atoms with Crippen molar-refractivity contribution in [2.75, 3.05) is 45.3 Å². The Morgan fingerprint density at radius 3 is 2.20 bits per heavy atom. The Morgan fingerprint density at radius 2 is 1.53 bits per heavy atom. The van der Waals surface area contributed by atoms with Crippen LogP contribution in [0.3, 0.4) is 0 Å². The Balaban J connectivity index is 1.53. The predicted octanol–water partition coefficient (Wildman–Crippen LogP) is 2.52. The van der Waals surface area contributed by atoms with Crippen molar-refractivity contribution in [3.63, 3.8) is 0 Å². The monoisotopic (exact) mass is 408 g/mol. The summed E-state index contributed by atoms with van der Waals surface area (Å²) in [5.74, 6) is 1.31. The molecule has 0 bridgehead atoms. The average Bonchev–Trinajstić information content (AvgIpc) is 3.03. The van der Waals surface area contributed by atoms with E-state index in [1.54, 1.807) is 18.9 Å². The SMILES string of the molecule is COc1ccccc1N1CCN(Cc2c(OC)c(=O)n(-c3ccccc3)n2C)CC1. The Bertz CT molecular complexity index is 1050. The largest absolute Gasteiger partial charge is 0.495 e. The number of benzene rings is 2. The molecular weight excluding hydrogens is 380 g/mol. The van der Waals surface area contributed by atoms with Gasteiger partial charge in [-0.2, -0.15) is 0 Å². The summed E-state index contributed by atoms with van der Waals surface area (Å²) in [5.41, 5.74) is 2.71. The van der Waals surface area contributed by atoms with Crippen molar-refractivity contribution in [1.82, 2.24) is 14.3 Å². The maximum Gasteiger partial charge on any atom is 0.314 e. The van der Waals surface area contributed by atoms with Gasteiger partial charge >= 0.3 is 5.56 Å². The van der Waals surface area contributed by atoms with Gasteiger partial charge in [0, 0.05) is 39.8 Å². The number of hydrogen-bond acceptors (Lipinski definition) is 5. The Hall–Kier alpha value is -3.19. The maximum absolute atomic E-state index is 13.0. The van der Waals surface area contributed by atoms with Gasteiger partial charge in [0.05, 0.1) is 31.3 Å². The molecule has 30 heavy (non-hydrogen) atoms. The van der Waals surface area contributed by atoms with Crippen molar-refractivity contribution < 1.29 is 9.47 Å². The lowest BCUT2D eigenvalue weighted by molar-refractivity contribution is 0.238. The molecule has 0 unspecified atom stereocenters. The Kier molecular flexibility index (Phi) is 5.81. The lowest BCUT2D eigenvalue weighted by Crippen LogP contribution is -2.46. The molecule has 0 radical (unpaired) electrons. The van der Waals surface area contributed by atoms with Crippen LogP contribution in [0.15, 0.2) is 59.4 Å². The molecule has 0 spiro atoms. The number of hydrogen-bond donors (Lipinski definition) is 0. The Labute approximate surface area is 176 Å². The molecule has 1 aliphatic rings. The van der Waals surface area contributed by atoms with Gasteiger partial charge in [-0.05, 0) is 24.3 Å². The van der Waals surface area contributed by atoms with Crippen molar-refractivity contribution in [2.24, 2.45) is 7.05 Å². The fraction of sp³-hybridized carbons (Fsp3) is 0.348. The van der Waals surface area contributed by atoms with E-state index < -0.39 is 0 Å². The van der Waals surface area contributed by atoms with Gasteiger partial charge < -0.3 is 14.4 Å². The van der Waals surface area contributed by atoms with E-state index >= 15 is 0 Å². The van der Waals surface area contributed by atoms with E-state index in [4.69, 9.17) is 9.47 Å². The van der Waals surface area contributed by atoms with Gasteiger partial charge in [0.1, 0.15) is 5.75 Å². The molecule has 1 saturated heterocycles. The van der Waals surface area contributed by atoms with Crippen molar-refractivity contribution in [1.29, 1.82) is 0 Å². The molecule has 0 atom stereocenters. The first-order chi connectivity index (χ1) is 14.6. The fourth-order valence-corrected chi connectivity index (χ4v) is 4.11. The van der Waals surface area contributed by atoms with Crippen LogP contribution in [0.2, 0.25) is 0 Å². The predicted molar refractivity (Wildman–Crippen MR) is 118 cm³/mol. The van der Waals surface area contributed by atoms with Crippen LogP contribution < -0.4 is 19.9 Å². The first-order valence-electron chi connectivity index (χ1n) is 10.1. The third-order valence-corrected chi connectivity index (χ3v) is 5.72. The van der Waals surface area contributed by atoms with Gasteiger partial charge in [-0.1, -0.05) is 30.3 Å². The molecule has 4 rings (SSSR count). The second kappa shape index (κ2) is 8.67. The van der Waals surface area contributed by atoms with E-state index in [1.807, 2.05) is 60.3 Å². The smallest absolute Gasteiger partial charge is 0.314 e. The molecule has 1 aromatic heterocycles. The molecule has 2 aromatic carbocycles. The van der Waals surface area contributed by atoms with Gasteiger partial charge in [-0.15, -0.1) is 0 Å². The van der Waals surface area contributed by atoms with Gasteiger partial charge in [0.25, 0.3) is 0 Å². The number of nitrogens with zero attached hydrogens (tertiary/aromatic N) is 4. The van der Waals surface area contributed by atoms with Crippen LogP contribution in [0, 0.1) is 0 Å². The minimum atomic E-state index is -0.131. The highest BCUT2D eigenvalue weighted by molar-refractivity contribution is 5.58. The van der Waals surface area contributed by atoms with Crippen LogP contribution >= 0.6 is 0 Å². The number of anilines is 1. The van der Waals surface area contributed by atoms with Crippen LogP contribution in [0.5, 0.6) is 11.5 Å². The van der Waals surface area contributed by atoms with Crippen LogP contribution in [0.4, 0.5) is 5.69 Å². The van der Waals surface area contributed by atoms with E-state index in [1.165, 1.54) is 0 Å². The van der Waals surface area contributed by atoms with Gasteiger partial charge in [0.15, 0.2) is 0 Å². The molecule has 0 saturated carbocycles. The second-order valence-corrected chi connectivity index (χ2v) is 7.39. The van der Waals surface area contributed by atoms with Crippen molar-refractivity contribution >= 4 is 5.69 Å². The maximum atomic E-state index is 13.0. The molecule has 0 N–H and O–H groups in total. The summed E-state index contributed by atoms with van der Waals surface area (Å²) in [6, 6.07) is 17.8. The van der Waals surface area contributed by atoms with Gasteiger partial charge in [-0.25, -0.2) is 4.68 Å². The fourth-order valence-electron chi connectivity index (χ4n) is 4.11. The molecule has 1 aliphatic heterocycles. The zero-order valence-corrected chi connectivity index (χ0v) is 17.7. The number of ether oxygens (including phenoxy) is 2. The van der Waals surface area contributed by atoms with E-state index in [0.29, 0.717) is 12.3 Å². The molecule has 2 heterocycles. The van der Waals surface area contributed by atoms with Crippen molar-refractivity contribution in [2.45, 2.75) is 6.54 Å². The summed E-state index contributed by atoms with van der Waals surface area (Å²) in [5, 5.41) is 0. The number of piperazine rings is 1. The highest BCUT2D eigenvalue weighted by Gasteiger charge is 2.25. The number of methoxy groups -OCH3 is 2. The topological polar surface area (TPSA) is 51.9 Å². The summed E-state index contributed by atoms with van der Waals surface area (Å²) < 4.78 is 14.6. The minimum Gasteiger partial charge on any atom is -0.495 e. The first-order valence-corrected chi connectivity index (χ1v) is 10.1. The van der Waals surface area contributed by atoms with Crippen molar-refractivity contribution in [3.05, 3.63) is 70.6 Å². The van der Waals surface area contributed by atoms with Crippen LogP contribution in [-0.4, -0.2) is 54.7 Å². The second-order valence-electron chi connectivity index (χ2n) is 7.39. The number of aromatic nitrogens is 2. The quantitative estimate of drug-likeness (QED) is 0.627. The van der Waals surface area contributed by atoms with Crippen molar-refractivity contribution in [3.8, 4) is 17.2 Å². The first kappa shape index (κ1) is 20.1. The van der Waals surface area contributed by atoms with E-state index in [-0.39, 0.29) is 5.56 Å². The number of para-hydroxylation sites is 3. The molecule has 3 aromatic rings. The molecule has 7 nitrogen and oxygen atoms in total. The van der Waals surface area contributed by atoms with Crippen LogP contribution in [-0.2, 0) is 13.6 Å². The summed E-state index contributed by atoms with van der Waals surface area (Å²) in [6.07, 6.45) is 0. The van der Waals surface area contributed by atoms with E-state index in [0.717, 1.165) is 49.0 Å². The van der Waals surface area contributed by atoms with Crippen LogP contribution in [0.1, 0.15) is 5.69 Å². The Morgan fingerprint density at radius 1 is 0.867 bits per heavy atom. The summed E-state index contributed by atoms with van der Waals surface area (Å²) in [6.45, 7) is 4.25. The molecule has 7 heteroatoms. The van der Waals surface area contributed by atoms with Crippen LogP contribution in [0.25, 0.3) is 5.69 Å². The lowest BCUT2D eigenvalue weighted by atomic mass is 10.2. The molecule has 0 amide bonds. The molecule has 1 fully saturated rings. The zero-order chi connectivity index (χ0) is 21.1. The summed E-state index contributed by atoms with van der Waals surface area (Å²) in [7, 11) is 5.19. The molecule has 158 valence electrons. The lowest BCUT2D eigenvalue weighted by Gasteiger charge is -2.36. The minimum absolute atomic E-state index is 0.131. The van der Waals surface area contributed by atoms with Gasteiger partial charge in [0.2, 0.25) is 5.75 Å². The van der Waals surface area contributed by atoms with E-state index in [9.17, 15) is 4.79 Å². The molecule has 0 aliphatic carbocycles. The normalized spacial score (nSPS) is 14.7. The van der Waals surface area contributed by atoms with E-state index in [2.05, 4.69) is 15.9 Å². The number of rotatable bonds is 6.